The van der Waals surface area contributed by atoms with Gasteiger partial charge in [-0.25, -0.2) is 0 Å². The Hall–Kier alpha value is -1.30. The van der Waals surface area contributed by atoms with Crippen LogP contribution in [0.25, 0.3) is 0 Å². The fourth-order valence-corrected chi connectivity index (χ4v) is 3.03. The molecular weight excluding hydrogens is 328 g/mol. The Morgan fingerprint density at radius 1 is 1.38 bits per heavy atom. The van der Waals surface area contributed by atoms with Crippen molar-refractivity contribution in [3.63, 3.8) is 0 Å². The number of amides is 1. The van der Waals surface area contributed by atoms with E-state index in [1.54, 1.807) is 7.11 Å². The lowest BCUT2D eigenvalue weighted by Gasteiger charge is -2.38. The Kier molecular flexibility index (Phi) is 9.11. The summed E-state index contributed by atoms with van der Waals surface area (Å²) in [4.78, 5) is 14.8. The van der Waals surface area contributed by atoms with E-state index in [9.17, 15) is 4.79 Å². The van der Waals surface area contributed by atoms with E-state index in [-0.39, 0.29) is 30.4 Å². The molecule has 5 nitrogen and oxygen atoms in total. The molecule has 1 aromatic rings. The highest BCUT2D eigenvalue weighted by Gasteiger charge is 2.29. The Morgan fingerprint density at radius 2 is 2.17 bits per heavy atom. The third kappa shape index (κ3) is 5.65. The van der Waals surface area contributed by atoms with E-state index in [1.807, 2.05) is 36.1 Å². The molecular formula is C18H29ClN2O3. The van der Waals surface area contributed by atoms with Crippen molar-refractivity contribution in [3.05, 3.63) is 29.8 Å². The van der Waals surface area contributed by atoms with Gasteiger partial charge in [-0.15, -0.1) is 12.4 Å². The molecule has 2 atom stereocenters. The van der Waals surface area contributed by atoms with Crippen molar-refractivity contribution in [1.29, 1.82) is 0 Å². The number of halogens is 1. The van der Waals surface area contributed by atoms with Crippen LogP contribution in [0.3, 0.4) is 0 Å². The van der Waals surface area contributed by atoms with Gasteiger partial charge in [0.05, 0.1) is 6.61 Å². The van der Waals surface area contributed by atoms with E-state index in [0.29, 0.717) is 18.8 Å². The third-order valence-electron chi connectivity index (χ3n) is 4.26. The summed E-state index contributed by atoms with van der Waals surface area (Å²) in [7, 11) is 1.67. The molecule has 0 saturated carbocycles. The van der Waals surface area contributed by atoms with Gasteiger partial charge in [0.1, 0.15) is 5.75 Å². The van der Waals surface area contributed by atoms with Gasteiger partial charge in [0.2, 0.25) is 0 Å². The Morgan fingerprint density at radius 3 is 2.88 bits per heavy atom. The minimum Gasteiger partial charge on any atom is -0.493 e. The SMILES string of the molecule is COCCCOc1cccc(C(=O)N2CCCCC2C(C)N)c1.Cl. The molecule has 1 aliphatic heterocycles. The number of ether oxygens (including phenoxy) is 2. The predicted molar refractivity (Wildman–Crippen MR) is 98.0 cm³/mol. The van der Waals surface area contributed by atoms with E-state index in [2.05, 4.69) is 0 Å². The van der Waals surface area contributed by atoms with Crippen LogP contribution >= 0.6 is 12.4 Å². The summed E-state index contributed by atoms with van der Waals surface area (Å²) >= 11 is 0. The van der Waals surface area contributed by atoms with E-state index in [4.69, 9.17) is 15.2 Å². The number of benzene rings is 1. The molecule has 6 heteroatoms. The van der Waals surface area contributed by atoms with Crippen molar-refractivity contribution in [3.8, 4) is 5.75 Å². The van der Waals surface area contributed by atoms with Crippen molar-refractivity contribution < 1.29 is 14.3 Å². The minimum atomic E-state index is -0.00673. The molecule has 1 aromatic carbocycles. The van der Waals surface area contributed by atoms with Gasteiger partial charge in [-0.1, -0.05) is 6.07 Å². The molecule has 1 aliphatic rings. The maximum Gasteiger partial charge on any atom is 0.254 e. The second kappa shape index (κ2) is 10.5. The lowest BCUT2D eigenvalue weighted by molar-refractivity contribution is 0.0583. The largest absolute Gasteiger partial charge is 0.493 e. The number of likely N-dealkylation sites (tertiary alicyclic amines) is 1. The Labute approximate surface area is 150 Å². The monoisotopic (exact) mass is 356 g/mol. The molecule has 1 fully saturated rings. The molecule has 0 spiro atoms. The highest BCUT2D eigenvalue weighted by Crippen LogP contribution is 2.23. The summed E-state index contributed by atoms with van der Waals surface area (Å²) in [5, 5.41) is 0. The number of nitrogens with zero attached hydrogens (tertiary/aromatic N) is 1. The minimum absolute atomic E-state index is 0. The number of hydrogen-bond acceptors (Lipinski definition) is 4. The van der Waals surface area contributed by atoms with Gasteiger partial charge in [-0.2, -0.15) is 0 Å². The third-order valence-corrected chi connectivity index (χ3v) is 4.26. The number of nitrogens with two attached hydrogens (primary N) is 1. The summed E-state index contributed by atoms with van der Waals surface area (Å²) in [6.45, 7) is 4.01. The fraction of sp³-hybridized carbons (Fsp3) is 0.611. The number of piperidine rings is 1. The summed E-state index contributed by atoms with van der Waals surface area (Å²) in [6, 6.07) is 7.53. The van der Waals surface area contributed by atoms with Gasteiger partial charge in [0, 0.05) is 44.3 Å². The van der Waals surface area contributed by atoms with Crippen LogP contribution in [0.1, 0.15) is 43.0 Å². The highest BCUT2D eigenvalue weighted by molar-refractivity contribution is 5.95. The number of carbonyl (C=O) groups is 1. The van der Waals surface area contributed by atoms with E-state index >= 15 is 0 Å². The van der Waals surface area contributed by atoms with Crippen LogP contribution in [-0.2, 0) is 4.74 Å². The van der Waals surface area contributed by atoms with Gasteiger partial charge >= 0.3 is 0 Å². The first-order valence-corrected chi connectivity index (χ1v) is 8.42. The van der Waals surface area contributed by atoms with E-state index in [0.717, 1.165) is 38.0 Å². The lowest BCUT2D eigenvalue weighted by Crippen LogP contribution is -2.51. The average Bonchev–Trinajstić information content (AvgIpc) is 2.58. The maximum atomic E-state index is 12.8. The van der Waals surface area contributed by atoms with Crippen molar-refractivity contribution >= 4 is 18.3 Å². The second-order valence-corrected chi connectivity index (χ2v) is 6.14. The van der Waals surface area contributed by atoms with Crippen molar-refractivity contribution in [1.82, 2.24) is 4.90 Å². The smallest absolute Gasteiger partial charge is 0.254 e. The molecule has 1 heterocycles. The number of carbonyl (C=O) groups excluding carboxylic acids is 1. The predicted octanol–water partition coefficient (Wildman–Crippen LogP) is 2.87. The van der Waals surface area contributed by atoms with Crippen LogP contribution in [0.15, 0.2) is 24.3 Å². The van der Waals surface area contributed by atoms with E-state index < -0.39 is 0 Å². The molecule has 2 rings (SSSR count). The molecule has 0 aliphatic carbocycles. The zero-order valence-electron chi connectivity index (χ0n) is 14.6. The molecule has 1 saturated heterocycles. The summed E-state index contributed by atoms with van der Waals surface area (Å²) in [5.74, 6) is 0.774. The normalized spacial score (nSPS) is 18.6. The number of hydrogen-bond donors (Lipinski definition) is 1. The highest BCUT2D eigenvalue weighted by atomic mass is 35.5. The molecule has 1 amide bonds. The first kappa shape index (κ1) is 20.7. The van der Waals surface area contributed by atoms with Crippen LogP contribution in [0.4, 0.5) is 0 Å². The molecule has 24 heavy (non-hydrogen) atoms. The van der Waals surface area contributed by atoms with Gasteiger partial charge < -0.3 is 20.1 Å². The summed E-state index contributed by atoms with van der Waals surface area (Å²) in [5.41, 5.74) is 6.74. The lowest BCUT2D eigenvalue weighted by atomic mass is 9.96. The standard InChI is InChI=1S/C18H28N2O3.ClH/c1-14(19)17-9-3-4-10-20(17)18(21)15-7-5-8-16(13-15)23-12-6-11-22-2;/h5,7-8,13-14,17H,3-4,6,9-12,19H2,1-2H3;1H. The zero-order valence-corrected chi connectivity index (χ0v) is 15.4. The maximum absolute atomic E-state index is 12.8. The summed E-state index contributed by atoms with van der Waals surface area (Å²) < 4.78 is 10.7. The van der Waals surface area contributed by atoms with Gasteiger partial charge in [0.15, 0.2) is 0 Å². The van der Waals surface area contributed by atoms with Crippen LogP contribution in [0.2, 0.25) is 0 Å². The van der Waals surface area contributed by atoms with Crippen LogP contribution in [-0.4, -0.2) is 49.8 Å². The topological polar surface area (TPSA) is 64.8 Å². The Balaban J connectivity index is 0.00000288. The second-order valence-electron chi connectivity index (χ2n) is 6.14. The first-order chi connectivity index (χ1) is 11.1. The van der Waals surface area contributed by atoms with E-state index in [1.165, 1.54) is 0 Å². The Bertz CT molecular complexity index is 511. The van der Waals surface area contributed by atoms with Crippen LogP contribution in [0, 0.1) is 0 Å². The number of methoxy groups -OCH3 is 1. The molecule has 0 radical (unpaired) electrons. The molecule has 136 valence electrons. The van der Waals surface area contributed by atoms with Crippen molar-refractivity contribution in [2.24, 2.45) is 5.73 Å². The molecule has 0 bridgehead atoms. The molecule has 2 N–H and O–H groups in total. The molecule has 2 unspecified atom stereocenters. The first-order valence-electron chi connectivity index (χ1n) is 8.42. The van der Waals surface area contributed by atoms with Crippen LogP contribution in [0.5, 0.6) is 5.75 Å². The van der Waals surface area contributed by atoms with Crippen molar-refractivity contribution in [2.75, 3.05) is 26.9 Å². The quantitative estimate of drug-likeness (QED) is 0.763. The molecule has 0 aromatic heterocycles. The van der Waals surface area contributed by atoms with Gasteiger partial charge in [0.25, 0.3) is 5.91 Å². The number of rotatable bonds is 7. The fourth-order valence-electron chi connectivity index (χ4n) is 3.03. The van der Waals surface area contributed by atoms with Crippen LogP contribution < -0.4 is 10.5 Å². The van der Waals surface area contributed by atoms with Crippen molar-refractivity contribution in [2.45, 2.75) is 44.7 Å². The summed E-state index contributed by atoms with van der Waals surface area (Å²) in [6.07, 6.45) is 3.99. The zero-order chi connectivity index (χ0) is 16.7. The van der Waals surface area contributed by atoms with Gasteiger partial charge in [-0.3, -0.25) is 4.79 Å². The average molecular weight is 357 g/mol. The van der Waals surface area contributed by atoms with Gasteiger partial charge in [-0.05, 0) is 44.4 Å².